The number of likely N-dealkylation sites (tertiary alicyclic amines) is 1. The minimum absolute atomic E-state index is 0.0468. The van der Waals surface area contributed by atoms with Gasteiger partial charge in [-0.25, -0.2) is 23.4 Å². The molecule has 4 N–H and O–H groups in total. The van der Waals surface area contributed by atoms with E-state index in [0.717, 1.165) is 12.1 Å². The van der Waals surface area contributed by atoms with Crippen molar-refractivity contribution in [2.45, 2.75) is 44.8 Å². The van der Waals surface area contributed by atoms with Crippen LogP contribution in [0.4, 0.5) is 19.0 Å². The van der Waals surface area contributed by atoms with E-state index in [2.05, 4.69) is 15.1 Å². The van der Waals surface area contributed by atoms with Crippen molar-refractivity contribution < 1.29 is 22.7 Å². The van der Waals surface area contributed by atoms with E-state index in [1.165, 1.54) is 41.4 Å². The summed E-state index contributed by atoms with van der Waals surface area (Å²) in [6, 6.07) is 8.86. The van der Waals surface area contributed by atoms with E-state index in [1.54, 1.807) is 18.7 Å². The van der Waals surface area contributed by atoms with E-state index in [9.17, 15) is 18.8 Å². The van der Waals surface area contributed by atoms with Gasteiger partial charge in [0.05, 0.1) is 18.0 Å². The maximum atomic E-state index is 15.4. The summed E-state index contributed by atoms with van der Waals surface area (Å²) in [6.07, 6.45) is 4.06. The first kappa shape index (κ1) is 28.6. The first-order valence-electron chi connectivity index (χ1n) is 13.1. The average molecular weight is 577 g/mol. The minimum Gasteiger partial charge on any atom is -0.454 e. The molecule has 13 heteroatoms. The molecule has 3 heterocycles. The molecule has 0 unspecified atom stereocenters. The normalized spacial score (nSPS) is 15.7. The van der Waals surface area contributed by atoms with Crippen molar-refractivity contribution in [3.63, 3.8) is 0 Å². The molecule has 1 saturated heterocycles. The van der Waals surface area contributed by atoms with Crippen LogP contribution in [0, 0.1) is 28.8 Å². The number of rotatable bonds is 7. The largest absolute Gasteiger partial charge is 0.454 e. The standard InChI is InChI=1S/C29H27F3N8O2/c1-29(2,35)12-16(13-33)28(41)39-10-4-5-17(39)14-40-27-23(26(34)36-15-37-27)25(38-40)19-9-8-18(11-21(19)31)42-22-7-3-6-20(30)24(22)32/h3,6-9,11-12,15,17H,4-5,10,14,35H2,1-2H3,(H2,34,36,37)/t17-/m0/s1. The fourth-order valence-electron chi connectivity index (χ4n) is 4.95. The van der Waals surface area contributed by atoms with Crippen molar-refractivity contribution in [1.29, 1.82) is 5.26 Å². The summed E-state index contributed by atoms with van der Waals surface area (Å²) in [5, 5.41) is 14.5. The number of fused-ring (bicyclic) bond motifs is 1. The lowest BCUT2D eigenvalue weighted by atomic mass is 10.0. The van der Waals surface area contributed by atoms with Crippen molar-refractivity contribution in [2.24, 2.45) is 5.73 Å². The molecule has 2 aromatic heterocycles. The van der Waals surface area contributed by atoms with Gasteiger partial charge in [0.2, 0.25) is 5.82 Å². The van der Waals surface area contributed by atoms with Gasteiger partial charge in [-0.05, 0) is 57.0 Å². The molecule has 10 nitrogen and oxygen atoms in total. The number of hydrogen-bond donors (Lipinski definition) is 2. The van der Waals surface area contributed by atoms with Crippen LogP contribution in [-0.4, -0.2) is 48.7 Å². The molecule has 0 radical (unpaired) electrons. The van der Waals surface area contributed by atoms with E-state index >= 15 is 4.39 Å². The summed E-state index contributed by atoms with van der Waals surface area (Å²) in [4.78, 5) is 23.2. The number of nitrogens with two attached hydrogens (primary N) is 2. The summed E-state index contributed by atoms with van der Waals surface area (Å²) in [5.41, 5.74) is 11.8. The number of carbonyl (C=O) groups excluding carboxylic acids is 1. The highest BCUT2D eigenvalue weighted by atomic mass is 19.2. The molecule has 1 amide bonds. The highest BCUT2D eigenvalue weighted by Crippen LogP contribution is 2.35. The Morgan fingerprint density at radius 1 is 1.21 bits per heavy atom. The predicted octanol–water partition coefficient (Wildman–Crippen LogP) is 4.46. The molecule has 0 bridgehead atoms. The lowest BCUT2D eigenvalue weighted by Crippen LogP contribution is -2.40. The van der Waals surface area contributed by atoms with E-state index in [1.807, 2.05) is 6.07 Å². The molecule has 1 atom stereocenters. The van der Waals surface area contributed by atoms with Gasteiger partial charge in [-0.1, -0.05) is 6.07 Å². The second-order valence-electron chi connectivity index (χ2n) is 10.6. The van der Waals surface area contributed by atoms with Crippen molar-refractivity contribution in [2.75, 3.05) is 12.3 Å². The average Bonchev–Trinajstić information content (AvgIpc) is 3.55. The second kappa shape index (κ2) is 11.1. The summed E-state index contributed by atoms with van der Waals surface area (Å²) < 4.78 is 50.0. The Kier molecular flexibility index (Phi) is 7.57. The van der Waals surface area contributed by atoms with Crippen molar-refractivity contribution >= 4 is 22.8 Å². The molecule has 4 aromatic rings. The molecule has 2 aromatic carbocycles. The van der Waals surface area contributed by atoms with Crippen LogP contribution in [-0.2, 0) is 11.3 Å². The van der Waals surface area contributed by atoms with Crippen LogP contribution >= 0.6 is 0 Å². The first-order chi connectivity index (χ1) is 20.0. The molecular formula is C29H27F3N8O2. The van der Waals surface area contributed by atoms with Crippen LogP contribution in [0.5, 0.6) is 11.5 Å². The maximum absolute atomic E-state index is 15.4. The van der Waals surface area contributed by atoms with E-state index < -0.39 is 34.6 Å². The number of benzene rings is 2. The van der Waals surface area contributed by atoms with Gasteiger partial charge in [0.1, 0.15) is 41.0 Å². The van der Waals surface area contributed by atoms with Gasteiger partial charge in [-0.2, -0.15) is 14.8 Å². The molecule has 5 rings (SSSR count). The van der Waals surface area contributed by atoms with E-state index in [-0.39, 0.29) is 41.0 Å². The number of nitriles is 1. The van der Waals surface area contributed by atoms with Crippen molar-refractivity contribution in [3.8, 4) is 28.8 Å². The molecule has 42 heavy (non-hydrogen) atoms. The number of hydrogen-bond acceptors (Lipinski definition) is 8. The Morgan fingerprint density at radius 2 is 2.00 bits per heavy atom. The molecule has 216 valence electrons. The molecular weight excluding hydrogens is 549 g/mol. The van der Waals surface area contributed by atoms with Crippen molar-refractivity contribution in [3.05, 3.63) is 71.8 Å². The SMILES string of the molecule is CC(C)(N)C=C(C#N)C(=O)N1CCC[C@H]1Cn1nc(-c2ccc(Oc3cccc(F)c3F)cc2F)c2c(N)ncnc21. The van der Waals surface area contributed by atoms with Crippen LogP contribution in [0.2, 0.25) is 0 Å². The highest BCUT2D eigenvalue weighted by molar-refractivity contribution is 5.99. The first-order valence-corrected chi connectivity index (χ1v) is 13.1. The Labute approximate surface area is 239 Å². The zero-order valence-corrected chi connectivity index (χ0v) is 22.8. The Balaban J connectivity index is 1.48. The zero-order chi connectivity index (χ0) is 30.2. The van der Waals surface area contributed by atoms with Gasteiger partial charge in [-0.15, -0.1) is 0 Å². The number of ether oxygens (including phenoxy) is 1. The van der Waals surface area contributed by atoms with E-state index in [0.29, 0.717) is 30.4 Å². The van der Waals surface area contributed by atoms with Crippen LogP contribution in [0.3, 0.4) is 0 Å². The Morgan fingerprint density at radius 3 is 2.71 bits per heavy atom. The third-order valence-electron chi connectivity index (χ3n) is 6.79. The Bertz CT molecular complexity index is 1760. The van der Waals surface area contributed by atoms with Crippen molar-refractivity contribution in [1.82, 2.24) is 24.6 Å². The summed E-state index contributed by atoms with van der Waals surface area (Å²) in [5.74, 6) is -3.86. The topological polar surface area (TPSA) is 149 Å². The smallest absolute Gasteiger partial charge is 0.264 e. The summed E-state index contributed by atoms with van der Waals surface area (Å²) >= 11 is 0. The molecule has 1 aliphatic rings. The fraction of sp³-hybridized carbons (Fsp3) is 0.276. The molecule has 1 aliphatic heterocycles. The lowest BCUT2D eigenvalue weighted by Gasteiger charge is -2.25. The van der Waals surface area contributed by atoms with Crippen LogP contribution in [0.25, 0.3) is 22.3 Å². The van der Waals surface area contributed by atoms with Gasteiger partial charge in [0.25, 0.3) is 5.91 Å². The number of aromatic nitrogens is 4. The van der Waals surface area contributed by atoms with Gasteiger partial charge in [0, 0.05) is 23.7 Å². The van der Waals surface area contributed by atoms with Gasteiger partial charge in [-0.3, -0.25) is 4.79 Å². The quantitative estimate of drug-likeness (QED) is 0.242. The maximum Gasteiger partial charge on any atom is 0.264 e. The van der Waals surface area contributed by atoms with Crippen LogP contribution in [0.15, 0.2) is 54.4 Å². The zero-order valence-electron chi connectivity index (χ0n) is 22.8. The number of nitrogens with zero attached hydrogens (tertiary/aromatic N) is 6. The second-order valence-corrected chi connectivity index (χ2v) is 10.6. The Hall–Kier alpha value is -4.96. The lowest BCUT2D eigenvalue weighted by molar-refractivity contribution is -0.127. The van der Waals surface area contributed by atoms with Gasteiger partial charge >= 0.3 is 0 Å². The van der Waals surface area contributed by atoms with Crippen LogP contribution < -0.4 is 16.2 Å². The third-order valence-corrected chi connectivity index (χ3v) is 6.79. The van der Waals surface area contributed by atoms with Gasteiger partial charge < -0.3 is 21.1 Å². The molecule has 1 fully saturated rings. The number of nitrogen functional groups attached to an aromatic ring is 1. The van der Waals surface area contributed by atoms with E-state index in [4.69, 9.17) is 16.2 Å². The van der Waals surface area contributed by atoms with Crippen LogP contribution in [0.1, 0.15) is 26.7 Å². The minimum atomic E-state index is -1.19. The molecule has 0 saturated carbocycles. The number of anilines is 1. The monoisotopic (exact) mass is 576 g/mol. The van der Waals surface area contributed by atoms with Gasteiger partial charge in [0.15, 0.2) is 17.2 Å². The number of halogens is 3. The predicted molar refractivity (Wildman–Crippen MR) is 148 cm³/mol. The summed E-state index contributed by atoms with van der Waals surface area (Å²) in [7, 11) is 0. The number of amides is 1. The molecule has 0 spiro atoms. The fourth-order valence-corrected chi connectivity index (χ4v) is 4.95. The summed E-state index contributed by atoms with van der Waals surface area (Å²) in [6.45, 7) is 4.03. The number of carbonyl (C=O) groups is 1. The third kappa shape index (κ3) is 5.61. The highest BCUT2D eigenvalue weighted by Gasteiger charge is 2.33. The molecule has 0 aliphatic carbocycles.